The van der Waals surface area contributed by atoms with Crippen LogP contribution in [0.2, 0.25) is 0 Å². The normalized spacial score (nSPS) is 10.6. The highest BCUT2D eigenvalue weighted by atomic mass is 79.9. The number of benzene rings is 1. The summed E-state index contributed by atoms with van der Waals surface area (Å²) in [5.41, 5.74) is 1.07. The maximum atomic E-state index is 11.5. The molecule has 0 fully saturated rings. The van der Waals surface area contributed by atoms with Crippen LogP contribution < -0.4 is 15.4 Å². The molecule has 0 aliphatic carbocycles. The van der Waals surface area contributed by atoms with Gasteiger partial charge in [-0.15, -0.1) is 0 Å². The zero-order chi connectivity index (χ0) is 14.4. The number of hydrogen-bond acceptors (Lipinski definition) is 3. The number of rotatable bonds is 6. The third kappa shape index (κ3) is 5.50. The van der Waals surface area contributed by atoms with Gasteiger partial charge in [0.25, 0.3) is 0 Å². The number of hydrogen-bond donors (Lipinski definition) is 2. The fourth-order valence-corrected chi connectivity index (χ4v) is 3.21. The number of amides is 1. The van der Waals surface area contributed by atoms with Crippen molar-refractivity contribution >= 4 is 37.8 Å². The van der Waals surface area contributed by atoms with Crippen LogP contribution in [0.1, 0.15) is 19.4 Å². The molecule has 19 heavy (non-hydrogen) atoms. The Morgan fingerprint density at radius 1 is 1.32 bits per heavy atom. The van der Waals surface area contributed by atoms with E-state index in [0.717, 1.165) is 20.3 Å². The van der Waals surface area contributed by atoms with Crippen LogP contribution in [0.5, 0.6) is 5.75 Å². The van der Waals surface area contributed by atoms with Gasteiger partial charge in [0.1, 0.15) is 5.75 Å². The van der Waals surface area contributed by atoms with E-state index >= 15 is 0 Å². The molecule has 0 unspecified atom stereocenters. The second-order valence-corrected chi connectivity index (χ2v) is 6.13. The minimum absolute atomic E-state index is 0.00152. The fraction of sp³-hybridized carbons (Fsp3) is 0.462. The van der Waals surface area contributed by atoms with Crippen LogP contribution in [0.15, 0.2) is 21.1 Å². The summed E-state index contributed by atoms with van der Waals surface area (Å²) in [6.45, 7) is 4.80. The third-order valence-corrected chi connectivity index (χ3v) is 3.50. The molecule has 4 nitrogen and oxygen atoms in total. The lowest BCUT2D eigenvalue weighted by Crippen LogP contribution is -2.37. The molecule has 1 aromatic carbocycles. The topological polar surface area (TPSA) is 50.4 Å². The second kappa shape index (κ2) is 7.87. The van der Waals surface area contributed by atoms with E-state index in [4.69, 9.17) is 4.74 Å². The summed E-state index contributed by atoms with van der Waals surface area (Å²) in [5, 5.41) is 5.93. The molecular formula is C13H18Br2N2O2. The molecule has 0 aliphatic heterocycles. The monoisotopic (exact) mass is 392 g/mol. The fourth-order valence-electron chi connectivity index (χ4n) is 1.60. The Morgan fingerprint density at radius 3 is 2.37 bits per heavy atom. The molecule has 0 bridgehead atoms. The Morgan fingerprint density at radius 2 is 1.89 bits per heavy atom. The molecule has 106 valence electrons. The van der Waals surface area contributed by atoms with Gasteiger partial charge in [-0.05, 0) is 63.4 Å². The largest absolute Gasteiger partial charge is 0.494 e. The molecular weight excluding hydrogens is 376 g/mol. The zero-order valence-corrected chi connectivity index (χ0v) is 14.4. The summed E-state index contributed by atoms with van der Waals surface area (Å²) in [6.07, 6.45) is 0. The van der Waals surface area contributed by atoms with Crippen molar-refractivity contribution in [3.05, 3.63) is 26.6 Å². The Balaban J connectivity index is 2.53. The van der Waals surface area contributed by atoms with Gasteiger partial charge in [-0.3, -0.25) is 4.79 Å². The lowest BCUT2D eigenvalue weighted by molar-refractivity contribution is -0.120. The summed E-state index contributed by atoms with van der Waals surface area (Å²) in [4.78, 5) is 11.5. The third-order valence-electron chi connectivity index (χ3n) is 2.33. The van der Waals surface area contributed by atoms with Gasteiger partial charge in [-0.1, -0.05) is 0 Å². The van der Waals surface area contributed by atoms with Gasteiger partial charge in [0.2, 0.25) is 5.91 Å². The average Bonchev–Trinajstić information content (AvgIpc) is 2.27. The molecule has 2 N–H and O–H groups in total. The summed E-state index contributed by atoms with van der Waals surface area (Å²) in [6, 6.07) is 4.10. The van der Waals surface area contributed by atoms with Crippen LogP contribution in [-0.2, 0) is 11.3 Å². The van der Waals surface area contributed by atoms with E-state index < -0.39 is 0 Å². The van der Waals surface area contributed by atoms with E-state index in [2.05, 4.69) is 42.5 Å². The second-order valence-electron chi connectivity index (χ2n) is 4.42. The Bertz CT molecular complexity index is 427. The smallest absolute Gasteiger partial charge is 0.234 e. The molecule has 0 heterocycles. The summed E-state index contributed by atoms with van der Waals surface area (Å²) < 4.78 is 7.00. The number of ether oxygens (including phenoxy) is 1. The Hall–Kier alpha value is -0.590. The maximum Gasteiger partial charge on any atom is 0.234 e. The highest BCUT2D eigenvalue weighted by Gasteiger charge is 2.08. The van der Waals surface area contributed by atoms with Crippen molar-refractivity contribution in [2.24, 2.45) is 0 Å². The molecule has 0 aromatic heterocycles. The van der Waals surface area contributed by atoms with Crippen molar-refractivity contribution in [2.75, 3.05) is 13.7 Å². The van der Waals surface area contributed by atoms with E-state index in [0.29, 0.717) is 13.1 Å². The van der Waals surface area contributed by atoms with Crippen molar-refractivity contribution in [2.45, 2.75) is 26.4 Å². The van der Waals surface area contributed by atoms with Crippen LogP contribution >= 0.6 is 31.9 Å². The minimum Gasteiger partial charge on any atom is -0.494 e. The molecule has 0 aliphatic rings. The maximum absolute atomic E-state index is 11.5. The van der Waals surface area contributed by atoms with Crippen molar-refractivity contribution in [3.63, 3.8) is 0 Å². The summed E-state index contributed by atoms with van der Waals surface area (Å²) in [5.74, 6) is 0.767. The van der Waals surface area contributed by atoms with Gasteiger partial charge in [0.15, 0.2) is 0 Å². The summed E-state index contributed by atoms with van der Waals surface area (Å²) >= 11 is 6.90. The predicted molar refractivity (Wildman–Crippen MR) is 83.4 cm³/mol. The first-order valence-electron chi connectivity index (χ1n) is 5.96. The first kappa shape index (κ1) is 16.5. The van der Waals surface area contributed by atoms with E-state index in [9.17, 15) is 4.79 Å². The number of halogens is 2. The van der Waals surface area contributed by atoms with Crippen molar-refractivity contribution < 1.29 is 9.53 Å². The van der Waals surface area contributed by atoms with Crippen LogP contribution in [0.3, 0.4) is 0 Å². The van der Waals surface area contributed by atoms with E-state index in [1.54, 1.807) is 7.11 Å². The lowest BCUT2D eigenvalue weighted by Gasteiger charge is -2.11. The molecule has 1 amide bonds. The minimum atomic E-state index is 0.00152. The lowest BCUT2D eigenvalue weighted by atomic mass is 10.2. The van der Waals surface area contributed by atoms with Crippen LogP contribution in [0.4, 0.5) is 0 Å². The molecule has 0 saturated carbocycles. The number of carbonyl (C=O) groups excluding carboxylic acids is 1. The number of nitrogens with one attached hydrogen (secondary N) is 2. The highest BCUT2D eigenvalue weighted by molar-refractivity contribution is 9.11. The zero-order valence-electron chi connectivity index (χ0n) is 11.2. The molecule has 0 spiro atoms. The standard InChI is InChI=1S/C13H18Br2N2O2/c1-8(2)17-12(18)7-16-6-9-4-10(14)13(19-3)11(15)5-9/h4-5,8,16H,6-7H2,1-3H3,(H,17,18). The van der Waals surface area contributed by atoms with Gasteiger partial charge in [0.05, 0.1) is 22.6 Å². The van der Waals surface area contributed by atoms with Crippen LogP contribution in [0, 0.1) is 0 Å². The van der Waals surface area contributed by atoms with E-state index in [-0.39, 0.29) is 11.9 Å². The van der Waals surface area contributed by atoms with E-state index in [1.807, 2.05) is 26.0 Å². The molecule has 0 saturated heterocycles. The Kier molecular flexibility index (Phi) is 6.82. The SMILES string of the molecule is COc1c(Br)cc(CNCC(=O)NC(C)C)cc1Br. The highest BCUT2D eigenvalue weighted by Crippen LogP contribution is 2.34. The summed E-state index contributed by atoms with van der Waals surface area (Å²) in [7, 11) is 1.62. The quantitative estimate of drug-likeness (QED) is 0.781. The van der Waals surface area contributed by atoms with Crippen molar-refractivity contribution in [1.82, 2.24) is 10.6 Å². The molecule has 1 rings (SSSR count). The van der Waals surface area contributed by atoms with Crippen LogP contribution in [-0.4, -0.2) is 25.6 Å². The number of carbonyl (C=O) groups is 1. The van der Waals surface area contributed by atoms with E-state index in [1.165, 1.54) is 0 Å². The molecule has 1 aromatic rings. The van der Waals surface area contributed by atoms with Gasteiger partial charge >= 0.3 is 0 Å². The average molecular weight is 394 g/mol. The predicted octanol–water partition coefficient (Wildman–Crippen LogP) is 2.83. The number of methoxy groups -OCH3 is 1. The van der Waals surface area contributed by atoms with Gasteiger partial charge in [-0.2, -0.15) is 0 Å². The van der Waals surface area contributed by atoms with Crippen molar-refractivity contribution in [1.29, 1.82) is 0 Å². The first-order valence-corrected chi connectivity index (χ1v) is 7.54. The molecule has 6 heteroatoms. The van der Waals surface area contributed by atoms with Crippen LogP contribution in [0.25, 0.3) is 0 Å². The molecule has 0 atom stereocenters. The van der Waals surface area contributed by atoms with Gasteiger partial charge in [-0.25, -0.2) is 0 Å². The van der Waals surface area contributed by atoms with Gasteiger partial charge < -0.3 is 15.4 Å². The molecule has 0 radical (unpaired) electrons. The van der Waals surface area contributed by atoms with Gasteiger partial charge in [0, 0.05) is 12.6 Å². The van der Waals surface area contributed by atoms with Crippen molar-refractivity contribution in [3.8, 4) is 5.75 Å². The first-order chi connectivity index (χ1) is 8.93. The Labute approximate surface area is 130 Å².